The highest BCUT2D eigenvalue weighted by Gasteiger charge is 2.22. The summed E-state index contributed by atoms with van der Waals surface area (Å²) in [6, 6.07) is -0.626. The minimum atomic E-state index is -1.04. The highest BCUT2D eigenvalue weighted by molar-refractivity contribution is 7.97. The molecule has 1 aliphatic heterocycles. The predicted molar refractivity (Wildman–Crippen MR) is 197 cm³/mol. The van der Waals surface area contributed by atoms with Crippen LogP contribution < -0.4 is 20.7 Å². The predicted octanol–water partition coefficient (Wildman–Crippen LogP) is -1.17. The Morgan fingerprint density at radius 2 is 1.10 bits per heavy atom. The SMILES string of the molecule is CCC(C)C(CC)CCSNC(CNCCC(=O)O)C(=O)NCCNC(=O)CN1CCN(CC(=O)O)CCN(CC(=O)O)CCN(CC(=O)O)CC1. The molecular weight excluding hydrogens is 700 g/mol. The molecule has 52 heavy (non-hydrogen) atoms. The largest absolute Gasteiger partial charge is 0.481 e. The van der Waals surface area contributed by atoms with Gasteiger partial charge in [-0.2, -0.15) is 0 Å². The van der Waals surface area contributed by atoms with E-state index in [-0.39, 0.29) is 96.8 Å². The van der Waals surface area contributed by atoms with Crippen molar-refractivity contribution in [2.75, 3.05) is 110 Å². The summed E-state index contributed by atoms with van der Waals surface area (Å²) in [5, 5.41) is 45.7. The van der Waals surface area contributed by atoms with Crippen LogP contribution in [0.1, 0.15) is 46.5 Å². The molecule has 2 amide bonds. The smallest absolute Gasteiger partial charge is 0.317 e. The molecule has 0 radical (unpaired) electrons. The van der Waals surface area contributed by atoms with Crippen LogP contribution in [0.5, 0.6) is 0 Å². The van der Waals surface area contributed by atoms with E-state index in [2.05, 4.69) is 41.4 Å². The van der Waals surface area contributed by atoms with Crippen molar-refractivity contribution in [3.05, 3.63) is 0 Å². The number of carboxylic acid groups (broad SMARTS) is 4. The third kappa shape index (κ3) is 22.8. The van der Waals surface area contributed by atoms with Gasteiger partial charge in [-0.15, -0.1) is 0 Å². The van der Waals surface area contributed by atoms with Crippen LogP contribution in [0.25, 0.3) is 0 Å². The molecule has 0 bridgehead atoms. The number of carboxylic acids is 4. The van der Waals surface area contributed by atoms with E-state index >= 15 is 0 Å². The van der Waals surface area contributed by atoms with Crippen LogP contribution in [0.4, 0.5) is 0 Å². The highest BCUT2D eigenvalue weighted by Crippen LogP contribution is 2.23. The first-order valence-electron chi connectivity index (χ1n) is 18.1. The number of carbonyl (C=O) groups excluding carboxylic acids is 2. The van der Waals surface area contributed by atoms with Crippen molar-refractivity contribution in [2.24, 2.45) is 11.8 Å². The fourth-order valence-electron chi connectivity index (χ4n) is 5.78. The standard InChI is InChI=1S/C33H62N8O10S/c1-4-25(3)26(5-2)7-19-52-37-27(20-34-8-6-29(43)44)33(51)36-10-9-35-28(42)21-38-11-13-39(22-30(45)46)15-17-41(24-32(49)50)18-16-40(14-12-38)23-31(47)48/h25-27,34,37H,4-24H2,1-3H3,(H,35,42)(H,36,51)(H,43,44)(H,45,46)(H,47,48)(H,49,50). The van der Waals surface area contributed by atoms with Crippen LogP contribution in [0.3, 0.4) is 0 Å². The Kier molecular flexibility index (Phi) is 24.9. The molecule has 1 aliphatic rings. The highest BCUT2D eigenvalue weighted by atomic mass is 32.2. The van der Waals surface area contributed by atoms with Gasteiger partial charge in [0.25, 0.3) is 0 Å². The molecule has 1 rings (SSSR count). The molecule has 3 unspecified atom stereocenters. The molecule has 300 valence electrons. The van der Waals surface area contributed by atoms with Gasteiger partial charge in [0.05, 0.1) is 32.6 Å². The third-order valence-corrected chi connectivity index (χ3v) is 9.98. The van der Waals surface area contributed by atoms with E-state index in [9.17, 15) is 44.1 Å². The van der Waals surface area contributed by atoms with Gasteiger partial charge in [-0.1, -0.05) is 45.6 Å². The lowest BCUT2D eigenvalue weighted by atomic mass is 9.88. The average molecular weight is 763 g/mol. The Bertz CT molecular complexity index is 1070. The lowest BCUT2D eigenvalue weighted by Gasteiger charge is -2.32. The summed E-state index contributed by atoms with van der Waals surface area (Å²) in [5.41, 5.74) is 0. The number of carbonyl (C=O) groups is 6. The van der Waals surface area contributed by atoms with Crippen molar-refractivity contribution in [2.45, 2.75) is 52.5 Å². The minimum Gasteiger partial charge on any atom is -0.481 e. The average Bonchev–Trinajstić information content (AvgIpc) is 3.07. The van der Waals surface area contributed by atoms with Crippen molar-refractivity contribution in [1.82, 2.24) is 40.3 Å². The topological polar surface area (TPSA) is 244 Å². The third-order valence-electron chi connectivity index (χ3n) is 9.09. The van der Waals surface area contributed by atoms with Gasteiger partial charge in [0.1, 0.15) is 6.04 Å². The molecule has 0 aromatic heterocycles. The first-order chi connectivity index (χ1) is 24.7. The van der Waals surface area contributed by atoms with Gasteiger partial charge in [-0.05, 0) is 18.3 Å². The Labute approximate surface area is 311 Å². The molecule has 3 atom stereocenters. The summed E-state index contributed by atoms with van der Waals surface area (Å²) >= 11 is 1.47. The maximum absolute atomic E-state index is 13.1. The Morgan fingerprint density at radius 1 is 0.635 bits per heavy atom. The summed E-state index contributed by atoms with van der Waals surface area (Å²) in [6.45, 7) is 8.86. The molecule has 1 fully saturated rings. The second-order valence-electron chi connectivity index (χ2n) is 13.1. The molecule has 1 heterocycles. The first kappa shape index (κ1) is 47.0. The molecule has 0 aliphatic carbocycles. The number of nitrogens with one attached hydrogen (secondary N) is 4. The monoisotopic (exact) mass is 762 g/mol. The van der Waals surface area contributed by atoms with Gasteiger partial charge in [0.2, 0.25) is 11.8 Å². The quantitative estimate of drug-likeness (QED) is 0.0403. The maximum Gasteiger partial charge on any atom is 0.317 e. The van der Waals surface area contributed by atoms with Crippen molar-refractivity contribution in [3.8, 4) is 0 Å². The number of nitrogens with zero attached hydrogens (tertiary/aromatic N) is 4. The minimum absolute atomic E-state index is 0.0371. The molecule has 0 spiro atoms. The lowest BCUT2D eigenvalue weighted by molar-refractivity contribution is -0.140. The zero-order valence-corrected chi connectivity index (χ0v) is 31.8. The van der Waals surface area contributed by atoms with Crippen molar-refractivity contribution >= 4 is 47.6 Å². The molecule has 18 nitrogen and oxygen atoms in total. The van der Waals surface area contributed by atoms with E-state index in [0.717, 1.165) is 25.0 Å². The Morgan fingerprint density at radius 3 is 1.52 bits per heavy atom. The number of rotatable bonds is 25. The van der Waals surface area contributed by atoms with E-state index in [1.165, 1.54) is 11.9 Å². The van der Waals surface area contributed by atoms with Crippen LogP contribution in [0, 0.1) is 11.8 Å². The first-order valence-corrected chi connectivity index (χ1v) is 19.1. The van der Waals surface area contributed by atoms with Crippen LogP contribution in [-0.2, 0) is 28.8 Å². The van der Waals surface area contributed by atoms with Crippen LogP contribution >= 0.6 is 11.9 Å². The number of amides is 2. The van der Waals surface area contributed by atoms with Gasteiger partial charge < -0.3 is 36.4 Å². The van der Waals surface area contributed by atoms with E-state index in [1.54, 1.807) is 14.7 Å². The summed E-state index contributed by atoms with van der Waals surface area (Å²) < 4.78 is 3.21. The molecule has 1 saturated heterocycles. The van der Waals surface area contributed by atoms with Gasteiger partial charge in [0, 0.05) is 84.3 Å². The van der Waals surface area contributed by atoms with E-state index in [0.29, 0.717) is 38.0 Å². The molecule has 0 aromatic rings. The van der Waals surface area contributed by atoms with Gasteiger partial charge in [0.15, 0.2) is 0 Å². The number of hydrogen-bond donors (Lipinski definition) is 8. The zero-order chi connectivity index (χ0) is 38.9. The molecular formula is C33H62N8O10S. The van der Waals surface area contributed by atoms with Crippen molar-refractivity contribution in [1.29, 1.82) is 0 Å². The summed E-state index contributed by atoms with van der Waals surface area (Å²) in [7, 11) is 0. The Hall–Kier alpha value is -3.07. The van der Waals surface area contributed by atoms with Crippen LogP contribution in [0.15, 0.2) is 0 Å². The fourth-order valence-corrected chi connectivity index (χ4v) is 6.71. The number of aliphatic carboxylic acids is 4. The fraction of sp³-hybridized carbons (Fsp3) is 0.818. The van der Waals surface area contributed by atoms with Gasteiger partial charge in [-0.3, -0.25) is 53.1 Å². The lowest BCUT2D eigenvalue weighted by Crippen LogP contribution is -2.51. The van der Waals surface area contributed by atoms with Crippen molar-refractivity contribution in [3.63, 3.8) is 0 Å². The van der Waals surface area contributed by atoms with Crippen LogP contribution in [-0.4, -0.2) is 192 Å². The molecule has 19 heteroatoms. The molecule has 0 saturated carbocycles. The van der Waals surface area contributed by atoms with Gasteiger partial charge in [-0.25, -0.2) is 0 Å². The summed E-state index contributed by atoms with van der Waals surface area (Å²) in [5.74, 6) is -2.63. The number of hydrogen-bond acceptors (Lipinski definition) is 13. The zero-order valence-electron chi connectivity index (χ0n) is 31.0. The van der Waals surface area contributed by atoms with Gasteiger partial charge >= 0.3 is 23.9 Å². The normalized spacial score (nSPS) is 17.6. The Balaban J connectivity index is 2.76. The molecule has 0 aromatic carbocycles. The summed E-state index contributed by atoms with van der Waals surface area (Å²) in [6.07, 6.45) is 3.13. The second kappa shape index (κ2) is 27.5. The maximum atomic E-state index is 13.1. The van der Waals surface area contributed by atoms with Crippen LogP contribution in [0.2, 0.25) is 0 Å². The van der Waals surface area contributed by atoms with E-state index in [1.807, 2.05) is 4.90 Å². The molecule has 8 N–H and O–H groups in total. The van der Waals surface area contributed by atoms with Crippen molar-refractivity contribution < 1.29 is 49.2 Å². The van der Waals surface area contributed by atoms with E-state index in [4.69, 9.17) is 5.11 Å². The second-order valence-corrected chi connectivity index (χ2v) is 14.1. The summed E-state index contributed by atoms with van der Waals surface area (Å²) in [4.78, 5) is 78.2. The van der Waals surface area contributed by atoms with E-state index < -0.39 is 29.9 Å².